The average Bonchev–Trinajstić information content (AvgIpc) is 2.70. The first-order valence-corrected chi connectivity index (χ1v) is 11.5. The Bertz CT molecular complexity index is 553. The normalized spacial score (nSPS) is 29.0. The highest BCUT2D eigenvalue weighted by molar-refractivity contribution is 5.27. The fraction of sp³-hybridized carbons (Fsp3) is 0.760. The lowest BCUT2D eigenvalue weighted by molar-refractivity contribution is 0.181. The maximum absolute atomic E-state index is 14.2. The molecule has 0 spiro atoms. The smallest absolute Gasteiger partial charge is 0.129 e. The quantitative estimate of drug-likeness (QED) is 0.454. The van der Waals surface area contributed by atoms with Gasteiger partial charge in [0.25, 0.3) is 0 Å². The summed E-state index contributed by atoms with van der Waals surface area (Å²) in [6.07, 6.45) is 16.7. The molecule has 3 rings (SSSR count). The van der Waals surface area contributed by atoms with Gasteiger partial charge in [-0.25, -0.2) is 4.39 Å². The highest BCUT2D eigenvalue weighted by Gasteiger charge is 2.25. The molecule has 0 heterocycles. The van der Waals surface area contributed by atoms with Crippen molar-refractivity contribution in [3.8, 4) is 0 Å². The fourth-order valence-corrected chi connectivity index (χ4v) is 5.56. The third-order valence-corrected chi connectivity index (χ3v) is 7.34. The van der Waals surface area contributed by atoms with Crippen molar-refractivity contribution in [3.63, 3.8) is 0 Å². The Kier molecular flexibility index (Phi) is 8.18. The van der Waals surface area contributed by atoms with Crippen LogP contribution in [0.3, 0.4) is 0 Å². The standard InChI is InChI=1S/C25H39FO/c1-3-4-19-5-7-20(8-6-19)9-10-21-11-13-22(14-12-21)23-15-16-24(18-27-2)25(26)17-23/h15-17,19-22H,3-14,18H2,1-2H3/t19-,20-,21?,22?. The molecule has 0 radical (unpaired) electrons. The van der Waals surface area contributed by atoms with E-state index in [0.29, 0.717) is 18.1 Å². The molecule has 0 saturated heterocycles. The van der Waals surface area contributed by atoms with Gasteiger partial charge in [0, 0.05) is 12.7 Å². The minimum atomic E-state index is -0.102. The van der Waals surface area contributed by atoms with Gasteiger partial charge in [0.05, 0.1) is 6.61 Å². The average molecular weight is 375 g/mol. The van der Waals surface area contributed by atoms with E-state index in [4.69, 9.17) is 4.74 Å². The molecule has 1 aromatic carbocycles. The Morgan fingerprint density at radius 1 is 0.852 bits per heavy atom. The summed E-state index contributed by atoms with van der Waals surface area (Å²) in [5.41, 5.74) is 1.86. The van der Waals surface area contributed by atoms with Crippen molar-refractivity contribution in [3.05, 3.63) is 35.1 Å². The molecule has 0 aliphatic heterocycles. The highest BCUT2D eigenvalue weighted by atomic mass is 19.1. The number of methoxy groups -OCH3 is 1. The van der Waals surface area contributed by atoms with Crippen LogP contribution in [0.1, 0.15) is 101 Å². The molecule has 152 valence electrons. The summed E-state index contributed by atoms with van der Waals surface area (Å²) in [5.74, 6) is 3.38. The second-order valence-corrected chi connectivity index (χ2v) is 9.25. The fourth-order valence-electron chi connectivity index (χ4n) is 5.56. The monoisotopic (exact) mass is 374 g/mol. The van der Waals surface area contributed by atoms with E-state index in [9.17, 15) is 4.39 Å². The summed E-state index contributed by atoms with van der Waals surface area (Å²) in [5, 5.41) is 0. The van der Waals surface area contributed by atoms with E-state index >= 15 is 0 Å². The Labute approximate surface area is 166 Å². The Balaban J connectivity index is 1.38. The molecule has 2 fully saturated rings. The van der Waals surface area contributed by atoms with Crippen LogP contribution in [-0.4, -0.2) is 7.11 Å². The number of hydrogen-bond donors (Lipinski definition) is 0. The zero-order chi connectivity index (χ0) is 19.1. The first-order chi connectivity index (χ1) is 13.2. The molecule has 27 heavy (non-hydrogen) atoms. The van der Waals surface area contributed by atoms with Gasteiger partial charge in [-0.3, -0.25) is 0 Å². The zero-order valence-corrected chi connectivity index (χ0v) is 17.5. The van der Waals surface area contributed by atoms with E-state index in [2.05, 4.69) is 13.0 Å². The van der Waals surface area contributed by atoms with Crippen molar-refractivity contribution < 1.29 is 9.13 Å². The van der Waals surface area contributed by atoms with Crippen LogP contribution in [0.5, 0.6) is 0 Å². The van der Waals surface area contributed by atoms with Gasteiger partial charge in [0.1, 0.15) is 5.82 Å². The van der Waals surface area contributed by atoms with E-state index in [0.717, 1.165) is 17.8 Å². The molecule has 2 saturated carbocycles. The second kappa shape index (κ2) is 10.6. The highest BCUT2D eigenvalue weighted by Crippen LogP contribution is 2.40. The SMILES string of the molecule is CCC[C@H]1CC[C@H](CCC2CCC(c3ccc(COC)c(F)c3)CC2)CC1. The molecule has 2 aliphatic rings. The number of halogens is 1. The molecule has 0 unspecified atom stereocenters. The Morgan fingerprint density at radius 3 is 1.93 bits per heavy atom. The first-order valence-electron chi connectivity index (χ1n) is 11.5. The molecular weight excluding hydrogens is 335 g/mol. The third-order valence-electron chi connectivity index (χ3n) is 7.34. The van der Waals surface area contributed by atoms with Gasteiger partial charge in [-0.05, 0) is 61.0 Å². The van der Waals surface area contributed by atoms with Crippen molar-refractivity contribution in [2.75, 3.05) is 7.11 Å². The minimum Gasteiger partial charge on any atom is -0.380 e. The third kappa shape index (κ3) is 6.04. The van der Waals surface area contributed by atoms with Gasteiger partial charge in [-0.15, -0.1) is 0 Å². The molecule has 1 aromatic rings. The van der Waals surface area contributed by atoms with Crippen molar-refractivity contribution in [1.29, 1.82) is 0 Å². The summed E-state index contributed by atoms with van der Waals surface area (Å²) in [7, 11) is 1.62. The molecule has 0 bridgehead atoms. The van der Waals surface area contributed by atoms with Gasteiger partial charge in [-0.2, -0.15) is 0 Å². The molecular formula is C25H39FO. The van der Waals surface area contributed by atoms with Crippen LogP contribution in [0, 0.1) is 23.6 Å². The van der Waals surface area contributed by atoms with Crippen molar-refractivity contribution in [2.45, 2.75) is 96.5 Å². The molecule has 0 atom stereocenters. The number of hydrogen-bond acceptors (Lipinski definition) is 1. The minimum absolute atomic E-state index is 0.102. The molecule has 0 N–H and O–H groups in total. The maximum Gasteiger partial charge on any atom is 0.129 e. The topological polar surface area (TPSA) is 9.23 Å². The Hall–Kier alpha value is -0.890. The van der Waals surface area contributed by atoms with E-state index in [1.54, 1.807) is 13.2 Å². The summed E-state index contributed by atoms with van der Waals surface area (Å²) < 4.78 is 19.3. The van der Waals surface area contributed by atoms with Crippen LogP contribution in [0.4, 0.5) is 4.39 Å². The maximum atomic E-state index is 14.2. The van der Waals surface area contributed by atoms with Gasteiger partial charge >= 0.3 is 0 Å². The summed E-state index contributed by atoms with van der Waals surface area (Å²) in [6, 6.07) is 5.79. The largest absolute Gasteiger partial charge is 0.380 e. The van der Waals surface area contributed by atoms with E-state index in [1.165, 1.54) is 82.6 Å². The summed E-state index contributed by atoms with van der Waals surface area (Å²) in [4.78, 5) is 0. The lowest BCUT2D eigenvalue weighted by atomic mass is 9.74. The molecule has 2 aliphatic carbocycles. The first kappa shape index (κ1) is 20.8. The molecule has 0 aromatic heterocycles. The lowest BCUT2D eigenvalue weighted by Gasteiger charge is -2.32. The predicted molar refractivity (Wildman–Crippen MR) is 111 cm³/mol. The van der Waals surface area contributed by atoms with E-state index in [1.807, 2.05) is 6.07 Å². The van der Waals surface area contributed by atoms with E-state index in [-0.39, 0.29) is 5.82 Å². The van der Waals surface area contributed by atoms with Gasteiger partial charge < -0.3 is 4.74 Å². The van der Waals surface area contributed by atoms with Gasteiger partial charge in [0.15, 0.2) is 0 Å². The summed E-state index contributed by atoms with van der Waals surface area (Å²) >= 11 is 0. The van der Waals surface area contributed by atoms with Crippen LogP contribution in [0.15, 0.2) is 18.2 Å². The van der Waals surface area contributed by atoms with Crippen LogP contribution in [0.2, 0.25) is 0 Å². The molecule has 2 heteroatoms. The van der Waals surface area contributed by atoms with Crippen LogP contribution in [0.25, 0.3) is 0 Å². The van der Waals surface area contributed by atoms with Gasteiger partial charge in [0.2, 0.25) is 0 Å². The second-order valence-electron chi connectivity index (χ2n) is 9.25. The molecule has 0 amide bonds. The number of rotatable bonds is 8. The van der Waals surface area contributed by atoms with E-state index < -0.39 is 0 Å². The van der Waals surface area contributed by atoms with Crippen molar-refractivity contribution in [1.82, 2.24) is 0 Å². The van der Waals surface area contributed by atoms with Crippen molar-refractivity contribution >= 4 is 0 Å². The van der Waals surface area contributed by atoms with Crippen molar-refractivity contribution in [2.24, 2.45) is 17.8 Å². The number of ether oxygens (including phenoxy) is 1. The van der Waals surface area contributed by atoms with Crippen LogP contribution < -0.4 is 0 Å². The zero-order valence-electron chi connectivity index (χ0n) is 17.5. The van der Waals surface area contributed by atoms with Crippen LogP contribution >= 0.6 is 0 Å². The Morgan fingerprint density at radius 2 is 1.41 bits per heavy atom. The number of benzene rings is 1. The van der Waals surface area contributed by atoms with Gasteiger partial charge in [-0.1, -0.05) is 70.4 Å². The molecule has 1 nitrogen and oxygen atoms in total. The van der Waals surface area contributed by atoms with Crippen LogP contribution in [-0.2, 0) is 11.3 Å². The summed E-state index contributed by atoms with van der Waals surface area (Å²) in [6.45, 7) is 2.68. The lowest BCUT2D eigenvalue weighted by Crippen LogP contribution is -2.17. The predicted octanol–water partition coefficient (Wildman–Crippen LogP) is 7.63.